The van der Waals surface area contributed by atoms with E-state index < -0.39 is 5.82 Å². The smallest absolute Gasteiger partial charge is 0.264 e. The molecule has 148 valence electrons. The number of rotatable bonds is 1. The van der Waals surface area contributed by atoms with Crippen LogP contribution in [0.4, 0.5) is 10.1 Å². The molecule has 1 aromatic carbocycles. The lowest BCUT2D eigenvalue weighted by atomic mass is 10.1. The van der Waals surface area contributed by atoms with Crippen LogP contribution >= 0.6 is 27.5 Å². The minimum Gasteiger partial charge on any atom is -0.333 e. The topological polar surface area (TPSA) is 101 Å². The first kappa shape index (κ1) is 23.3. The van der Waals surface area contributed by atoms with Gasteiger partial charge >= 0.3 is 0 Å². The Morgan fingerprint density at radius 2 is 1.93 bits per heavy atom. The lowest BCUT2D eigenvalue weighted by Crippen LogP contribution is -2.11. The van der Waals surface area contributed by atoms with Crippen LogP contribution < -0.4 is 16.6 Å². The molecule has 1 aromatic heterocycles. The quantitative estimate of drug-likeness (QED) is 0.444. The molecule has 0 saturated carbocycles. The number of benzene rings is 1. The highest BCUT2D eigenvalue weighted by molar-refractivity contribution is 9.10. The van der Waals surface area contributed by atoms with Gasteiger partial charge in [-0.3, -0.25) is 9.59 Å². The van der Waals surface area contributed by atoms with Crippen molar-refractivity contribution in [1.82, 2.24) is 10.2 Å². The Balaban J connectivity index is 0.000000248. The number of halogens is 3. The third-order valence-electron chi connectivity index (χ3n) is 3.66. The second-order valence-electron chi connectivity index (χ2n) is 5.69. The maximum absolute atomic E-state index is 13.1. The Kier molecular flexibility index (Phi) is 10.2. The molecule has 0 atom stereocenters. The number of hydrogen-bond donors (Lipinski definition) is 3. The van der Waals surface area contributed by atoms with Gasteiger partial charge in [-0.15, -0.1) is 0 Å². The first-order valence-corrected chi connectivity index (χ1v) is 9.61. The molecule has 0 spiro atoms. The fourth-order valence-corrected chi connectivity index (χ4v) is 2.99. The molecule has 2 aromatic rings. The largest absolute Gasteiger partial charge is 0.333 e. The molecule has 27 heavy (non-hydrogen) atoms. The molecule has 1 amide bonds. The summed E-state index contributed by atoms with van der Waals surface area (Å²) in [5.41, 5.74) is 6.78. The Morgan fingerprint density at radius 1 is 1.26 bits per heavy atom. The number of nitrogens with two attached hydrogens (primary N) is 1. The van der Waals surface area contributed by atoms with Gasteiger partial charge in [-0.05, 0) is 66.4 Å². The number of nitrogens with zero attached hydrogens (tertiary/aromatic N) is 1. The van der Waals surface area contributed by atoms with Crippen LogP contribution in [0.2, 0.25) is 5.02 Å². The van der Waals surface area contributed by atoms with Crippen molar-refractivity contribution >= 4 is 39.1 Å². The summed E-state index contributed by atoms with van der Waals surface area (Å²) in [6.07, 6.45) is 5.69. The number of amides is 1. The van der Waals surface area contributed by atoms with Gasteiger partial charge < -0.3 is 11.1 Å². The number of fused-ring (bicyclic) bond motifs is 1. The number of aryl methyl sites for hydroxylation is 2. The summed E-state index contributed by atoms with van der Waals surface area (Å²) >= 11 is 8.74. The van der Waals surface area contributed by atoms with Gasteiger partial charge in [0.2, 0.25) is 5.91 Å². The number of carbonyl (C=O) groups excluding carboxylic acids is 1. The second-order valence-corrected chi connectivity index (χ2v) is 6.95. The first-order chi connectivity index (χ1) is 12.9. The van der Waals surface area contributed by atoms with Gasteiger partial charge in [-0.1, -0.05) is 18.0 Å². The lowest BCUT2D eigenvalue weighted by molar-refractivity contribution is -0.114. The summed E-state index contributed by atoms with van der Waals surface area (Å²) < 4.78 is 13.6. The number of anilines is 1. The van der Waals surface area contributed by atoms with Gasteiger partial charge in [0.1, 0.15) is 5.82 Å². The number of aromatic nitrogens is 2. The standard InChI is InChI=1S/C9H12N2O.C8H6BrClFNO.CH5N/c12-9-6-7-4-2-1-3-5-8(7)10-11-9;1-4(13)12-8-2-5(9)6(10)3-7(8)11;1-2/h6H,1-5H2,(H,11,12);2-3H,1H3,(H,12,13);2H2,1H3. The van der Waals surface area contributed by atoms with Crippen molar-refractivity contribution in [3.63, 3.8) is 0 Å². The van der Waals surface area contributed by atoms with Crippen molar-refractivity contribution in [3.05, 3.63) is 55.1 Å². The maximum atomic E-state index is 13.1. The molecule has 0 unspecified atom stereocenters. The zero-order chi connectivity index (χ0) is 20.4. The van der Waals surface area contributed by atoms with Crippen LogP contribution in [-0.4, -0.2) is 23.2 Å². The number of carbonyl (C=O) groups is 1. The molecule has 0 aliphatic heterocycles. The summed E-state index contributed by atoms with van der Waals surface area (Å²) in [5, 5.41) is 9.13. The Bertz CT molecular complexity index is 829. The highest BCUT2D eigenvalue weighted by Gasteiger charge is 2.09. The zero-order valence-electron chi connectivity index (χ0n) is 15.2. The molecule has 6 nitrogen and oxygen atoms in total. The normalized spacial score (nSPS) is 12.4. The predicted octanol–water partition coefficient (Wildman–Crippen LogP) is 3.81. The number of nitrogens with one attached hydrogen (secondary N) is 2. The SMILES string of the molecule is CC(=O)Nc1cc(Br)c(Cl)cc1F.CN.O=c1cc2c(n[nH]1)CCCCC2. The molecule has 0 radical (unpaired) electrons. The third kappa shape index (κ3) is 7.78. The molecule has 0 bridgehead atoms. The van der Waals surface area contributed by atoms with E-state index in [9.17, 15) is 14.0 Å². The van der Waals surface area contributed by atoms with E-state index in [1.807, 2.05) is 0 Å². The van der Waals surface area contributed by atoms with Gasteiger partial charge in [-0.2, -0.15) is 5.10 Å². The van der Waals surface area contributed by atoms with Crippen molar-refractivity contribution in [2.75, 3.05) is 12.4 Å². The van der Waals surface area contributed by atoms with Crippen molar-refractivity contribution in [1.29, 1.82) is 0 Å². The molecule has 1 aliphatic carbocycles. The average Bonchev–Trinajstić information content (AvgIpc) is 2.86. The van der Waals surface area contributed by atoms with E-state index in [0.29, 0.717) is 4.47 Å². The van der Waals surface area contributed by atoms with Crippen molar-refractivity contribution in [3.8, 4) is 0 Å². The second kappa shape index (κ2) is 11.8. The van der Waals surface area contributed by atoms with Gasteiger partial charge in [0.15, 0.2) is 0 Å². The molecule has 0 saturated heterocycles. The predicted molar refractivity (Wildman–Crippen MR) is 110 cm³/mol. The summed E-state index contributed by atoms with van der Waals surface area (Å²) in [4.78, 5) is 21.6. The van der Waals surface area contributed by atoms with Gasteiger partial charge in [0.25, 0.3) is 5.56 Å². The molecule has 3 rings (SSSR count). The number of hydrogen-bond acceptors (Lipinski definition) is 4. The monoisotopic (exact) mass is 460 g/mol. The molecule has 4 N–H and O–H groups in total. The molecule has 1 aliphatic rings. The van der Waals surface area contributed by atoms with E-state index in [-0.39, 0.29) is 22.2 Å². The van der Waals surface area contributed by atoms with Crippen molar-refractivity contribution in [2.45, 2.75) is 39.0 Å². The van der Waals surface area contributed by atoms with E-state index in [4.69, 9.17) is 11.6 Å². The summed E-state index contributed by atoms with van der Waals surface area (Å²) in [7, 11) is 1.50. The minimum absolute atomic E-state index is 0.0735. The third-order valence-corrected chi connectivity index (χ3v) is 4.85. The van der Waals surface area contributed by atoms with E-state index in [2.05, 4.69) is 37.2 Å². The van der Waals surface area contributed by atoms with Gasteiger partial charge in [0.05, 0.1) is 16.4 Å². The lowest BCUT2D eigenvalue weighted by Gasteiger charge is -2.05. The summed E-state index contributed by atoms with van der Waals surface area (Å²) in [6, 6.07) is 4.24. The van der Waals surface area contributed by atoms with Crippen LogP contribution in [0.5, 0.6) is 0 Å². The Morgan fingerprint density at radius 3 is 2.59 bits per heavy atom. The van der Waals surface area contributed by atoms with E-state index in [1.165, 1.54) is 39.3 Å². The van der Waals surface area contributed by atoms with Crippen LogP contribution in [-0.2, 0) is 17.6 Å². The molecule has 9 heteroatoms. The van der Waals surface area contributed by atoms with Crippen LogP contribution in [0, 0.1) is 5.82 Å². The van der Waals surface area contributed by atoms with E-state index in [1.54, 1.807) is 6.07 Å². The molecular formula is C18H23BrClFN4O2. The first-order valence-electron chi connectivity index (χ1n) is 8.44. The number of H-pyrrole nitrogens is 1. The maximum Gasteiger partial charge on any atom is 0.264 e. The fourth-order valence-electron chi connectivity index (χ4n) is 2.49. The minimum atomic E-state index is -0.552. The van der Waals surface area contributed by atoms with Crippen molar-refractivity contribution in [2.24, 2.45) is 5.73 Å². The van der Waals surface area contributed by atoms with Gasteiger partial charge in [0, 0.05) is 17.5 Å². The molecule has 0 fully saturated rings. The van der Waals surface area contributed by atoms with Gasteiger partial charge in [-0.25, -0.2) is 9.49 Å². The zero-order valence-corrected chi connectivity index (χ0v) is 17.6. The Hall–Kier alpha value is -1.77. The summed E-state index contributed by atoms with van der Waals surface area (Å²) in [5.74, 6) is -0.878. The van der Waals surface area contributed by atoms with E-state index >= 15 is 0 Å². The van der Waals surface area contributed by atoms with Crippen LogP contribution in [0.1, 0.15) is 37.4 Å². The number of aromatic amines is 1. The fraction of sp³-hybridized carbons (Fsp3) is 0.389. The van der Waals surface area contributed by atoms with Crippen LogP contribution in [0.3, 0.4) is 0 Å². The summed E-state index contributed by atoms with van der Waals surface area (Å²) in [6.45, 7) is 1.31. The van der Waals surface area contributed by atoms with Crippen molar-refractivity contribution < 1.29 is 9.18 Å². The average molecular weight is 462 g/mol. The highest BCUT2D eigenvalue weighted by atomic mass is 79.9. The van der Waals surface area contributed by atoms with E-state index in [0.717, 1.165) is 30.2 Å². The molecule has 1 heterocycles. The highest BCUT2D eigenvalue weighted by Crippen LogP contribution is 2.28. The molecular weight excluding hydrogens is 439 g/mol. The van der Waals surface area contributed by atoms with Crippen LogP contribution in [0.15, 0.2) is 27.5 Å². The van der Waals surface area contributed by atoms with Crippen LogP contribution in [0.25, 0.3) is 0 Å². The Labute approximate surface area is 170 Å².